The second-order valence-electron chi connectivity index (χ2n) is 3.87. The van der Waals surface area contributed by atoms with Crippen LogP contribution < -0.4 is 4.74 Å². The Morgan fingerprint density at radius 1 is 1.26 bits per heavy atom. The van der Waals surface area contributed by atoms with Crippen LogP contribution in [0.15, 0.2) is 46.9 Å². The molecule has 4 heteroatoms. The van der Waals surface area contributed by atoms with E-state index in [0.29, 0.717) is 28.0 Å². The van der Waals surface area contributed by atoms with Gasteiger partial charge in [-0.15, -0.1) is 0 Å². The summed E-state index contributed by atoms with van der Waals surface area (Å²) in [6.45, 7) is 0.308. The van der Waals surface area contributed by atoms with E-state index in [-0.39, 0.29) is 0 Å². The van der Waals surface area contributed by atoms with Gasteiger partial charge < -0.3 is 4.74 Å². The molecule has 0 aromatic heterocycles. The molecule has 0 aliphatic heterocycles. The number of ether oxygens (including phenoxy) is 1. The summed E-state index contributed by atoms with van der Waals surface area (Å²) in [6.07, 6.45) is 0.777. The molecule has 0 bridgehead atoms. The Labute approximate surface area is 119 Å². The first-order valence-electron chi connectivity index (χ1n) is 5.60. The maximum Gasteiger partial charge on any atom is 0.150 e. The van der Waals surface area contributed by atoms with Crippen molar-refractivity contribution in [1.29, 1.82) is 5.26 Å². The normalized spacial score (nSPS) is 9.68. The van der Waals surface area contributed by atoms with Gasteiger partial charge in [0.2, 0.25) is 0 Å². The number of nitriles is 1. The summed E-state index contributed by atoms with van der Waals surface area (Å²) in [7, 11) is 0. The fraction of sp³-hybridized carbons (Fsp3) is 0.0667. The summed E-state index contributed by atoms with van der Waals surface area (Å²) >= 11 is 3.35. The molecule has 0 atom stereocenters. The summed E-state index contributed by atoms with van der Waals surface area (Å²) in [4.78, 5) is 10.6. The summed E-state index contributed by atoms with van der Waals surface area (Å²) in [6, 6.07) is 14.5. The van der Waals surface area contributed by atoms with Crippen LogP contribution in [0.1, 0.15) is 21.5 Å². The highest BCUT2D eigenvalue weighted by Crippen LogP contribution is 2.26. The molecule has 0 aliphatic rings. The summed E-state index contributed by atoms with van der Waals surface area (Å²) < 4.78 is 6.37. The van der Waals surface area contributed by atoms with Gasteiger partial charge >= 0.3 is 0 Å². The van der Waals surface area contributed by atoms with Crippen molar-refractivity contribution in [2.24, 2.45) is 0 Å². The zero-order valence-corrected chi connectivity index (χ0v) is 11.6. The topological polar surface area (TPSA) is 50.1 Å². The monoisotopic (exact) mass is 315 g/mol. The number of nitrogens with zero attached hydrogens (tertiary/aromatic N) is 1. The number of carbonyl (C=O) groups is 1. The smallest absolute Gasteiger partial charge is 0.150 e. The van der Waals surface area contributed by atoms with Gasteiger partial charge in [0, 0.05) is 11.1 Å². The van der Waals surface area contributed by atoms with Crippen molar-refractivity contribution >= 4 is 22.2 Å². The number of halogens is 1. The molecular formula is C15H10BrNO2. The van der Waals surface area contributed by atoms with Crippen LogP contribution in [0.3, 0.4) is 0 Å². The fourth-order valence-corrected chi connectivity index (χ4v) is 2.13. The van der Waals surface area contributed by atoms with Crippen molar-refractivity contribution in [1.82, 2.24) is 0 Å². The highest BCUT2D eigenvalue weighted by atomic mass is 79.9. The largest absolute Gasteiger partial charge is 0.488 e. The van der Waals surface area contributed by atoms with Crippen molar-refractivity contribution in [3.63, 3.8) is 0 Å². The first-order valence-corrected chi connectivity index (χ1v) is 6.39. The average molecular weight is 316 g/mol. The van der Waals surface area contributed by atoms with Crippen LogP contribution in [0.4, 0.5) is 0 Å². The van der Waals surface area contributed by atoms with Crippen LogP contribution in [0, 0.1) is 11.3 Å². The predicted octanol–water partition coefficient (Wildman–Crippen LogP) is 3.71. The van der Waals surface area contributed by atoms with Crippen molar-refractivity contribution in [2.75, 3.05) is 0 Å². The van der Waals surface area contributed by atoms with Gasteiger partial charge in [0.15, 0.2) is 0 Å². The highest BCUT2D eigenvalue weighted by Gasteiger charge is 2.05. The Morgan fingerprint density at radius 2 is 2.05 bits per heavy atom. The molecule has 0 radical (unpaired) electrons. The Balaban J connectivity index is 2.15. The van der Waals surface area contributed by atoms with Crippen molar-refractivity contribution in [3.8, 4) is 11.8 Å². The number of carbonyl (C=O) groups excluding carboxylic acids is 1. The molecule has 0 N–H and O–H groups in total. The van der Waals surface area contributed by atoms with Crippen LogP contribution >= 0.6 is 15.9 Å². The second-order valence-corrected chi connectivity index (χ2v) is 4.72. The lowest BCUT2D eigenvalue weighted by Gasteiger charge is -2.09. The molecule has 0 unspecified atom stereocenters. The van der Waals surface area contributed by atoms with Crippen molar-refractivity contribution in [3.05, 3.63) is 63.6 Å². The third-order valence-corrected chi connectivity index (χ3v) is 3.23. The standard InChI is InChI=1S/C15H10BrNO2/c16-14-7-11(9-18)5-6-15(14)19-10-13-4-2-1-3-12(13)8-17/h1-7,9H,10H2. The van der Waals surface area contributed by atoms with E-state index in [2.05, 4.69) is 22.0 Å². The predicted molar refractivity (Wildman–Crippen MR) is 75.0 cm³/mol. The average Bonchev–Trinajstić information content (AvgIpc) is 2.46. The van der Waals surface area contributed by atoms with Gasteiger partial charge in [-0.25, -0.2) is 0 Å². The molecule has 0 fully saturated rings. The third kappa shape index (κ3) is 3.21. The molecular weight excluding hydrogens is 306 g/mol. The lowest BCUT2D eigenvalue weighted by Crippen LogP contribution is -1.99. The lowest BCUT2D eigenvalue weighted by molar-refractivity contribution is 0.112. The van der Waals surface area contributed by atoms with Crippen molar-refractivity contribution < 1.29 is 9.53 Å². The van der Waals surface area contributed by atoms with E-state index in [0.717, 1.165) is 11.8 Å². The fourth-order valence-electron chi connectivity index (χ4n) is 1.62. The minimum Gasteiger partial charge on any atom is -0.488 e. The Kier molecular flexibility index (Phi) is 4.32. The maximum atomic E-state index is 10.6. The van der Waals surface area contributed by atoms with Gasteiger partial charge in [0.05, 0.1) is 16.1 Å². The van der Waals surface area contributed by atoms with E-state index in [1.165, 1.54) is 0 Å². The van der Waals surface area contributed by atoms with Crippen LogP contribution in [-0.4, -0.2) is 6.29 Å². The first-order chi connectivity index (χ1) is 9.24. The van der Waals surface area contributed by atoms with E-state index >= 15 is 0 Å². The molecule has 2 aromatic rings. The van der Waals surface area contributed by atoms with Gasteiger partial charge in [-0.2, -0.15) is 5.26 Å². The molecule has 0 heterocycles. The zero-order chi connectivity index (χ0) is 13.7. The molecule has 0 saturated heterocycles. The quantitative estimate of drug-likeness (QED) is 0.808. The molecule has 2 rings (SSSR count). The van der Waals surface area contributed by atoms with Gasteiger partial charge in [-0.3, -0.25) is 4.79 Å². The molecule has 19 heavy (non-hydrogen) atoms. The van der Waals surface area contributed by atoms with E-state index in [1.54, 1.807) is 24.3 Å². The number of rotatable bonds is 4. The molecule has 94 valence electrons. The van der Waals surface area contributed by atoms with E-state index in [9.17, 15) is 4.79 Å². The molecule has 0 saturated carbocycles. The minimum atomic E-state index is 0.308. The number of aldehydes is 1. The van der Waals surface area contributed by atoms with Crippen LogP contribution in [0.25, 0.3) is 0 Å². The highest BCUT2D eigenvalue weighted by molar-refractivity contribution is 9.10. The summed E-state index contributed by atoms with van der Waals surface area (Å²) in [5, 5.41) is 8.98. The molecule has 0 amide bonds. The Morgan fingerprint density at radius 3 is 2.74 bits per heavy atom. The van der Waals surface area contributed by atoms with Crippen LogP contribution in [0.5, 0.6) is 5.75 Å². The SMILES string of the molecule is N#Cc1ccccc1COc1ccc(C=O)cc1Br. The number of hydrogen-bond donors (Lipinski definition) is 0. The summed E-state index contributed by atoms with van der Waals surface area (Å²) in [5.74, 6) is 0.637. The van der Waals surface area contributed by atoms with Gasteiger partial charge in [-0.1, -0.05) is 18.2 Å². The Bertz CT molecular complexity index is 647. The van der Waals surface area contributed by atoms with E-state index in [4.69, 9.17) is 10.00 Å². The third-order valence-electron chi connectivity index (χ3n) is 2.61. The first kappa shape index (κ1) is 13.3. The zero-order valence-electron chi connectivity index (χ0n) is 9.97. The van der Waals surface area contributed by atoms with Crippen molar-refractivity contribution in [2.45, 2.75) is 6.61 Å². The number of benzene rings is 2. The van der Waals surface area contributed by atoms with Crippen LogP contribution in [0.2, 0.25) is 0 Å². The maximum absolute atomic E-state index is 10.6. The van der Waals surface area contributed by atoms with Crippen LogP contribution in [-0.2, 0) is 6.61 Å². The van der Waals surface area contributed by atoms with Gasteiger partial charge in [0.1, 0.15) is 18.6 Å². The minimum absolute atomic E-state index is 0.308. The number of hydrogen-bond acceptors (Lipinski definition) is 3. The van der Waals surface area contributed by atoms with E-state index < -0.39 is 0 Å². The Hall–Kier alpha value is -2.12. The summed E-state index contributed by atoms with van der Waals surface area (Å²) in [5.41, 5.74) is 2.01. The molecule has 2 aromatic carbocycles. The lowest BCUT2D eigenvalue weighted by atomic mass is 10.1. The van der Waals surface area contributed by atoms with E-state index in [1.807, 2.05) is 18.2 Å². The molecule has 0 spiro atoms. The van der Waals surface area contributed by atoms with Gasteiger partial charge in [-0.05, 0) is 40.2 Å². The molecule has 3 nitrogen and oxygen atoms in total. The van der Waals surface area contributed by atoms with Gasteiger partial charge in [0.25, 0.3) is 0 Å². The second kappa shape index (κ2) is 6.17. The molecule has 0 aliphatic carbocycles.